The maximum atomic E-state index is 10.9. The first-order valence-corrected chi connectivity index (χ1v) is 7.60. The molecular weight excluding hydrogens is 296 g/mol. The summed E-state index contributed by atoms with van der Waals surface area (Å²) in [6.07, 6.45) is 2.39. The van der Waals surface area contributed by atoms with Gasteiger partial charge < -0.3 is 9.84 Å². The van der Waals surface area contributed by atoms with Gasteiger partial charge in [0.15, 0.2) is 0 Å². The van der Waals surface area contributed by atoms with Crippen LogP contribution in [0, 0.1) is 0 Å². The quantitative estimate of drug-likeness (QED) is 0.793. The zero-order chi connectivity index (χ0) is 14.1. The molecule has 7 heteroatoms. The fourth-order valence-electron chi connectivity index (χ4n) is 1.74. The Hall–Kier alpha value is -1.99. The van der Waals surface area contributed by atoms with E-state index in [9.17, 15) is 4.79 Å². The van der Waals surface area contributed by atoms with E-state index in [0.29, 0.717) is 11.6 Å². The molecule has 0 bridgehead atoms. The molecule has 0 atom stereocenters. The lowest BCUT2D eigenvalue weighted by Crippen LogP contribution is -1.91. The van der Waals surface area contributed by atoms with Crippen LogP contribution in [0.4, 0.5) is 0 Å². The monoisotopic (exact) mass is 306 g/mol. The zero-order valence-electron chi connectivity index (χ0n) is 10.5. The average molecular weight is 306 g/mol. The van der Waals surface area contributed by atoms with Gasteiger partial charge in [-0.05, 0) is 12.5 Å². The third-order valence-electron chi connectivity index (χ3n) is 2.69. The largest absolute Gasteiger partial charge is 0.477 e. The molecule has 0 amide bonds. The Bertz CT molecular complexity index is 779. The highest BCUT2D eigenvalue weighted by atomic mass is 32.1. The molecule has 102 valence electrons. The molecule has 3 heterocycles. The number of rotatable bonds is 4. The van der Waals surface area contributed by atoms with Crippen LogP contribution in [0.25, 0.3) is 10.2 Å². The Labute approximate surface area is 122 Å². The van der Waals surface area contributed by atoms with Gasteiger partial charge in [-0.3, -0.25) is 0 Å². The Morgan fingerprint density at radius 1 is 1.40 bits per heavy atom. The molecule has 20 heavy (non-hydrogen) atoms. The van der Waals surface area contributed by atoms with Crippen LogP contribution in [-0.4, -0.2) is 21.0 Å². The van der Waals surface area contributed by atoms with E-state index in [1.807, 2.05) is 6.07 Å². The lowest BCUT2D eigenvalue weighted by molar-refractivity contribution is 0.0702. The number of hydrogen-bond acceptors (Lipinski definition) is 6. The van der Waals surface area contributed by atoms with Crippen molar-refractivity contribution in [3.05, 3.63) is 33.6 Å². The first kappa shape index (κ1) is 13.0. The lowest BCUT2D eigenvalue weighted by atomic mass is 10.3. The number of thiophene rings is 2. The van der Waals surface area contributed by atoms with E-state index in [0.717, 1.165) is 28.0 Å². The zero-order valence-corrected chi connectivity index (χ0v) is 12.1. The molecule has 0 saturated heterocycles. The molecule has 0 radical (unpaired) electrons. The molecule has 0 unspecified atom stereocenters. The summed E-state index contributed by atoms with van der Waals surface area (Å²) in [5.41, 5.74) is 0. The van der Waals surface area contributed by atoms with Crippen LogP contribution in [0.15, 0.2) is 23.8 Å². The summed E-state index contributed by atoms with van der Waals surface area (Å²) in [6, 6.07) is 3.51. The SMILES string of the molecule is CCc1cc2c(Oc3csc(C(=O)O)c3)ncnc2s1. The van der Waals surface area contributed by atoms with Crippen LogP contribution in [0.1, 0.15) is 21.5 Å². The van der Waals surface area contributed by atoms with E-state index in [2.05, 4.69) is 16.9 Å². The summed E-state index contributed by atoms with van der Waals surface area (Å²) in [4.78, 5) is 21.5. The number of carboxylic acids is 1. The van der Waals surface area contributed by atoms with Crippen molar-refractivity contribution in [2.24, 2.45) is 0 Å². The minimum Gasteiger partial charge on any atom is -0.477 e. The van der Waals surface area contributed by atoms with Gasteiger partial charge >= 0.3 is 5.97 Å². The highest BCUT2D eigenvalue weighted by Crippen LogP contribution is 2.33. The number of aryl methyl sites for hydroxylation is 1. The predicted octanol–water partition coefficient (Wildman–Crippen LogP) is 3.81. The number of ether oxygens (including phenoxy) is 1. The number of carboxylic acid groups (broad SMARTS) is 1. The van der Waals surface area contributed by atoms with E-state index in [4.69, 9.17) is 9.84 Å². The van der Waals surface area contributed by atoms with E-state index < -0.39 is 5.97 Å². The third-order valence-corrected chi connectivity index (χ3v) is 4.78. The third kappa shape index (κ3) is 2.37. The van der Waals surface area contributed by atoms with Crippen molar-refractivity contribution in [2.75, 3.05) is 0 Å². The summed E-state index contributed by atoms with van der Waals surface area (Å²) < 4.78 is 5.68. The normalized spacial score (nSPS) is 10.8. The Morgan fingerprint density at radius 3 is 2.95 bits per heavy atom. The Morgan fingerprint density at radius 2 is 2.25 bits per heavy atom. The lowest BCUT2D eigenvalue weighted by Gasteiger charge is -2.02. The fraction of sp³-hybridized carbons (Fsp3) is 0.154. The van der Waals surface area contributed by atoms with Gasteiger partial charge in [-0.2, -0.15) is 0 Å². The molecule has 3 rings (SSSR count). The average Bonchev–Trinajstić information content (AvgIpc) is 3.05. The smallest absolute Gasteiger partial charge is 0.346 e. The molecule has 0 saturated carbocycles. The molecule has 0 aliphatic rings. The molecule has 3 aromatic rings. The minimum atomic E-state index is -0.957. The molecule has 0 aliphatic carbocycles. The summed E-state index contributed by atoms with van der Waals surface area (Å²) in [5.74, 6) is -0.0150. The van der Waals surface area contributed by atoms with Crippen LogP contribution in [0.2, 0.25) is 0 Å². The van der Waals surface area contributed by atoms with E-state index in [-0.39, 0.29) is 4.88 Å². The first-order chi connectivity index (χ1) is 9.67. The van der Waals surface area contributed by atoms with Gasteiger partial charge in [-0.15, -0.1) is 22.7 Å². The van der Waals surface area contributed by atoms with Crippen molar-refractivity contribution in [3.8, 4) is 11.6 Å². The molecule has 0 fully saturated rings. The van der Waals surface area contributed by atoms with E-state index in [1.165, 1.54) is 17.3 Å². The van der Waals surface area contributed by atoms with Gasteiger partial charge in [0.05, 0.1) is 5.39 Å². The first-order valence-electron chi connectivity index (χ1n) is 5.90. The highest BCUT2D eigenvalue weighted by molar-refractivity contribution is 7.18. The summed E-state index contributed by atoms with van der Waals surface area (Å²) in [6.45, 7) is 2.08. The summed E-state index contributed by atoms with van der Waals surface area (Å²) in [7, 11) is 0. The minimum absolute atomic E-state index is 0.241. The van der Waals surface area contributed by atoms with Gasteiger partial charge in [-0.1, -0.05) is 6.92 Å². The Kier molecular flexibility index (Phi) is 3.37. The van der Waals surface area contributed by atoms with Crippen LogP contribution in [0.3, 0.4) is 0 Å². The summed E-state index contributed by atoms with van der Waals surface area (Å²) in [5, 5.41) is 11.4. The highest BCUT2D eigenvalue weighted by Gasteiger charge is 2.12. The van der Waals surface area contributed by atoms with Crippen molar-refractivity contribution in [1.29, 1.82) is 0 Å². The fourth-order valence-corrected chi connectivity index (χ4v) is 3.31. The van der Waals surface area contributed by atoms with Crippen LogP contribution in [-0.2, 0) is 6.42 Å². The Balaban J connectivity index is 1.97. The number of aromatic nitrogens is 2. The summed E-state index contributed by atoms with van der Waals surface area (Å²) >= 11 is 2.74. The molecular formula is C13H10N2O3S2. The maximum absolute atomic E-state index is 10.9. The van der Waals surface area contributed by atoms with E-state index >= 15 is 0 Å². The molecule has 1 N–H and O–H groups in total. The van der Waals surface area contributed by atoms with E-state index in [1.54, 1.807) is 16.7 Å². The second-order valence-electron chi connectivity index (χ2n) is 4.02. The van der Waals surface area contributed by atoms with Gasteiger partial charge in [0.2, 0.25) is 5.88 Å². The molecule has 3 aromatic heterocycles. The molecule has 0 spiro atoms. The molecule has 5 nitrogen and oxygen atoms in total. The van der Waals surface area contributed by atoms with Crippen LogP contribution >= 0.6 is 22.7 Å². The van der Waals surface area contributed by atoms with Gasteiger partial charge in [0.25, 0.3) is 0 Å². The van der Waals surface area contributed by atoms with Crippen LogP contribution in [0.5, 0.6) is 11.6 Å². The van der Waals surface area contributed by atoms with Crippen molar-refractivity contribution in [3.63, 3.8) is 0 Å². The predicted molar refractivity (Wildman–Crippen MR) is 78.1 cm³/mol. The van der Waals surface area contributed by atoms with Crippen molar-refractivity contribution >= 4 is 38.9 Å². The number of fused-ring (bicyclic) bond motifs is 1. The topological polar surface area (TPSA) is 72.3 Å². The van der Waals surface area contributed by atoms with Crippen molar-refractivity contribution < 1.29 is 14.6 Å². The second kappa shape index (κ2) is 5.18. The number of carbonyl (C=O) groups is 1. The van der Waals surface area contributed by atoms with Crippen LogP contribution < -0.4 is 4.74 Å². The second-order valence-corrected chi connectivity index (χ2v) is 6.04. The number of nitrogens with zero attached hydrogens (tertiary/aromatic N) is 2. The van der Waals surface area contributed by atoms with Gasteiger partial charge in [0, 0.05) is 16.3 Å². The van der Waals surface area contributed by atoms with Gasteiger partial charge in [-0.25, -0.2) is 14.8 Å². The number of aromatic carboxylic acids is 1. The van der Waals surface area contributed by atoms with Crippen molar-refractivity contribution in [2.45, 2.75) is 13.3 Å². The maximum Gasteiger partial charge on any atom is 0.346 e. The van der Waals surface area contributed by atoms with Crippen molar-refractivity contribution in [1.82, 2.24) is 9.97 Å². The molecule has 0 aliphatic heterocycles. The molecule has 0 aromatic carbocycles. The van der Waals surface area contributed by atoms with Gasteiger partial charge in [0.1, 0.15) is 21.8 Å². The standard InChI is InChI=1S/C13H10N2O3S2/c1-2-8-4-9-11(14-6-15-12(9)20-8)18-7-3-10(13(16)17)19-5-7/h3-6H,2H2,1H3,(H,16,17). The number of hydrogen-bond donors (Lipinski definition) is 1.